The maximum atomic E-state index is 11.7. The van der Waals surface area contributed by atoms with Gasteiger partial charge in [0.1, 0.15) is 0 Å². The van der Waals surface area contributed by atoms with Crippen molar-refractivity contribution in [1.82, 2.24) is 15.3 Å². The van der Waals surface area contributed by atoms with Crippen LogP contribution in [0.25, 0.3) is 0 Å². The Morgan fingerprint density at radius 1 is 1.40 bits per heavy atom. The zero-order valence-corrected chi connectivity index (χ0v) is 11.8. The average Bonchev–Trinajstić information content (AvgIpc) is 3.01. The van der Waals surface area contributed by atoms with E-state index in [-0.39, 0.29) is 12.1 Å². The fraction of sp³-hybridized carbons (Fsp3) is 0.733. The second kappa shape index (κ2) is 6.29. The van der Waals surface area contributed by atoms with Gasteiger partial charge in [-0.15, -0.1) is 0 Å². The van der Waals surface area contributed by atoms with Gasteiger partial charge in [-0.1, -0.05) is 32.1 Å². The van der Waals surface area contributed by atoms with E-state index in [1.54, 1.807) is 6.33 Å². The molecule has 0 spiro atoms. The molecule has 2 unspecified atom stereocenters. The first kappa shape index (κ1) is 13.5. The number of ether oxygens (including phenoxy) is 1. The minimum Gasteiger partial charge on any atom is -0.450 e. The first-order valence-electron chi connectivity index (χ1n) is 7.74. The van der Waals surface area contributed by atoms with Gasteiger partial charge in [-0.2, -0.15) is 0 Å². The fourth-order valence-electron chi connectivity index (χ4n) is 3.15. The van der Waals surface area contributed by atoms with E-state index in [4.69, 9.17) is 4.74 Å². The van der Waals surface area contributed by atoms with Crippen LogP contribution >= 0.6 is 0 Å². The van der Waals surface area contributed by atoms with Crippen molar-refractivity contribution in [2.24, 2.45) is 5.92 Å². The third kappa shape index (κ3) is 3.52. The highest BCUT2D eigenvalue weighted by molar-refractivity contribution is 5.68. The number of alkyl carbamates (subject to hydrolysis) is 1. The number of nitrogens with one attached hydrogen (secondary N) is 2. The van der Waals surface area contributed by atoms with E-state index in [1.165, 1.54) is 32.1 Å². The van der Waals surface area contributed by atoms with Crippen LogP contribution in [0.5, 0.6) is 0 Å². The maximum absolute atomic E-state index is 11.7. The summed E-state index contributed by atoms with van der Waals surface area (Å²) in [6.07, 6.45) is 11.9. The largest absolute Gasteiger partial charge is 0.450 e. The molecule has 20 heavy (non-hydrogen) atoms. The lowest BCUT2D eigenvalue weighted by atomic mass is 9.87. The molecule has 2 N–H and O–H groups in total. The van der Waals surface area contributed by atoms with Gasteiger partial charge in [-0.05, 0) is 18.8 Å². The van der Waals surface area contributed by atoms with Crippen LogP contribution in [0.4, 0.5) is 4.79 Å². The molecule has 110 valence electrons. The van der Waals surface area contributed by atoms with Gasteiger partial charge in [0.15, 0.2) is 0 Å². The maximum Gasteiger partial charge on any atom is 0.407 e. The molecule has 1 heterocycles. The van der Waals surface area contributed by atoms with Crippen LogP contribution in [-0.2, 0) is 4.74 Å². The molecule has 2 fully saturated rings. The molecule has 1 aromatic heterocycles. The summed E-state index contributed by atoms with van der Waals surface area (Å²) in [6, 6.07) is 0.206. The molecule has 1 amide bonds. The summed E-state index contributed by atoms with van der Waals surface area (Å²) in [7, 11) is 0. The molecule has 3 rings (SSSR count). The Kier molecular flexibility index (Phi) is 4.23. The molecule has 0 radical (unpaired) electrons. The van der Waals surface area contributed by atoms with Crippen LogP contribution in [0.15, 0.2) is 12.5 Å². The van der Waals surface area contributed by atoms with Crippen molar-refractivity contribution in [2.75, 3.05) is 6.61 Å². The molecule has 5 heteroatoms. The molecule has 2 saturated carbocycles. The zero-order chi connectivity index (χ0) is 13.8. The zero-order valence-electron chi connectivity index (χ0n) is 11.8. The summed E-state index contributed by atoms with van der Waals surface area (Å²) in [5.74, 6) is 1.14. The third-order valence-electron chi connectivity index (χ3n) is 4.50. The number of hydrogen-bond donors (Lipinski definition) is 2. The summed E-state index contributed by atoms with van der Waals surface area (Å²) in [5.41, 5.74) is 1.09. The molecule has 0 aromatic carbocycles. The number of aromatic nitrogens is 2. The van der Waals surface area contributed by atoms with Crippen molar-refractivity contribution in [3.63, 3.8) is 0 Å². The minimum absolute atomic E-state index is 0.206. The van der Waals surface area contributed by atoms with E-state index in [0.717, 1.165) is 24.5 Å². The molecule has 5 nitrogen and oxygen atoms in total. The predicted molar refractivity (Wildman–Crippen MR) is 75.4 cm³/mol. The Balaban J connectivity index is 1.30. The van der Waals surface area contributed by atoms with E-state index >= 15 is 0 Å². The second-order valence-electron chi connectivity index (χ2n) is 6.03. The highest BCUT2D eigenvalue weighted by Crippen LogP contribution is 2.39. The second-order valence-corrected chi connectivity index (χ2v) is 6.03. The predicted octanol–water partition coefficient (Wildman–Crippen LogP) is 2.96. The van der Waals surface area contributed by atoms with Crippen LogP contribution in [0, 0.1) is 5.92 Å². The molecule has 2 atom stereocenters. The summed E-state index contributed by atoms with van der Waals surface area (Å²) in [6.45, 7) is 0.554. The van der Waals surface area contributed by atoms with Crippen molar-refractivity contribution >= 4 is 6.09 Å². The molecular formula is C15H23N3O2. The van der Waals surface area contributed by atoms with Crippen LogP contribution in [0.1, 0.15) is 56.6 Å². The first-order valence-corrected chi connectivity index (χ1v) is 7.74. The number of aromatic amines is 1. The lowest BCUT2D eigenvalue weighted by Crippen LogP contribution is -2.28. The van der Waals surface area contributed by atoms with Crippen molar-refractivity contribution in [3.8, 4) is 0 Å². The lowest BCUT2D eigenvalue weighted by molar-refractivity contribution is 0.134. The lowest BCUT2D eigenvalue weighted by Gasteiger charge is -2.21. The number of rotatable bonds is 5. The van der Waals surface area contributed by atoms with Gasteiger partial charge in [0.05, 0.1) is 12.9 Å². The Bertz CT molecular complexity index is 426. The van der Waals surface area contributed by atoms with Crippen LogP contribution in [0.3, 0.4) is 0 Å². The van der Waals surface area contributed by atoms with Gasteiger partial charge in [-0.25, -0.2) is 9.78 Å². The van der Waals surface area contributed by atoms with Gasteiger partial charge < -0.3 is 15.0 Å². The van der Waals surface area contributed by atoms with Gasteiger partial charge in [0.25, 0.3) is 0 Å². The fourth-order valence-corrected chi connectivity index (χ4v) is 3.15. The Morgan fingerprint density at radius 3 is 3.00 bits per heavy atom. The topological polar surface area (TPSA) is 67.0 Å². The number of hydrogen-bond acceptors (Lipinski definition) is 3. The number of nitrogens with zero attached hydrogens (tertiary/aromatic N) is 1. The summed E-state index contributed by atoms with van der Waals surface area (Å²) in [5, 5.41) is 2.92. The molecule has 2 aliphatic rings. The Morgan fingerprint density at radius 2 is 2.25 bits per heavy atom. The molecule has 1 aromatic rings. The molecule has 0 bridgehead atoms. The number of amides is 1. The Hall–Kier alpha value is -1.52. The third-order valence-corrected chi connectivity index (χ3v) is 4.50. The van der Waals surface area contributed by atoms with Crippen LogP contribution in [0.2, 0.25) is 0 Å². The number of carbonyl (C=O) groups excluding carboxylic acids is 1. The molecule has 0 saturated heterocycles. The number of carbonyl (C=O) groups is 1. The van der Waals surface area contributed by atoms with Crippen LogP contribution < -0.4 is 5.32 Å². The number of imidazole rings is 1. The molecule has 0 aliphatic heterocycles. The average molecular weight is 277 g/mol. The smallest absolute Gasteiger partial charge is 0.407 e. The van der Waals surface area contributed by atoms with E-state index in [2.05, 4.69) is 15.3 Å². The molecular weight excluding hydrogens is 254 g/mol. The highest BCUT2D eigenvalue weighted by atomic mass is 16.5. The van der Waals surface area contributed by atoms with Gasteiger partial charge >= 0.3 is 6.09 Å². The van der Waals surface area contributed by atoms with Gasteiger partial charge in [-0.3, -0.25) is 0 Å². The Labute approximate surface area is 119 Å². The van der Waals surface area contributed by atoms with Crippen molar-refractivity contribution < 1.29 is 9.53 Å². The quantitative estimate of drug-likeness (QED) is 0.869. The normalized spacial score (nSPS) is 26.2. The summed E-state index contributed by atoms with van der Waals surface area (Å²) in [4.78, 5) is 18.8. The van der Waals surface area contributed by atoms with Crippen molar-refractivity contribution in [1.29, 1.82) is 0 Å². The van der Waals surface area contributed by atoms with Gasteiger partial charge in [0.2, 0.25) is 0 Å². The van der Waals surface area contributed by atoms with Gasteiger partial charge in [0, 0.05) is 23.9 Å². The summed E-state index contributed by atoms with van der Waals surface area (Å²) < 4.78 is 5.29. The van der Waals surface area contributed by atoms with Crippen molar-refractivity contribution in [2.45, 2.75) is 56.9 Å². The van der Waals surface area contributed by atoms with E-state index in [0.29, 0.717) is 12.5 Å². The van der Waals surface area contributed by atoms with E-state index in [9.17, 15) is 4.79 Å². The van der Waals surface area contributed by atoms with Crippen molar-refractivity contribution in [3.05, 3.63) is 18.2 Å². The standard InChI is InChI=1S/C15H23N3O2/c19-15(20-7-6-11-4-2-1-3-5-11)18-13-8-12(13)14-9-16-10-17-14/h9-13H,1-8H2,(H,16,17)(H,18,19). The monoisotopic (exact) mass is 277 g/mol. The number of H-pyrrole nitrogens is 1. The van der Waals surface area contributed by atoms with E-state index < -0.39 is 0 Å². The van der Waals surface area contributed by atoms with Crippen LogP contribution in [-0.4, -0.2) is 28.7 Å². The minimum atomic E-state index is -0.271. The first-order chi connectivity index (χ1) is 9.83. The molecule has 2 aliphatic carbocycles. The SMILES string of the molecule is O=C(NC1CC1c1cnc[nH]1)OCCC1CCCCC1. The highest BCUT2D eigenvalue weighted by Gasteiger charge is 2.40. The summed E-state index contributed by atoms with van der Waals surface area (Å²) >= 11 is 0. The van der Waals surface area contributed by atoms with E-state index in [1.807, 2.05) is 6.20 Å².